The van der Waals surface area contributed by atoms with Gasteiger partial charge in [0.2, 0.25) is 0 Å². The van der Waals surface area contributed by atoms with Crippen molar-refractivity contribution in [3.8, 4) is 0 Å². The molecule has 0 amide bonds. The summed E-state index contributed by atoms with van der Waals surface area (Å²) >= 11 is 13.3. The molecule has 2 aromatic rings. The molecule has 0 fully saturated rings. The first kappa shape index (κ1) is 16.0. The summed E-state index contributed by atoms with van der Waals surface area (Å²) in [5, 5.41) is 0.932. The van der Waals surface area contributed by atoms with Gasteiger partial charge in [-0.15, -0.1) is 0 Å². The highest BCUT2D eigenvalue weighted by Crippen LogP contribution is 2.37. The van der Waals surface area contributed by atoms with Gasteiger partial charge in [0.1, 0.15) is 0 Å². The second-order valence-corrected chi connectivity index (χ2v) is 6.02. The number of carbonyl (C=O) groups is 1. The van der Waals surface area contributed by atoms with Crippen LogP contribution < -0.4 is 5.73 Å². The van der Waals surface area contributed by atoms with Crippen molar-refractivity contribution in [2.24, 2.45) is 0 Å². The number of benzene rings is 2. The third-order valence-corrected chi connectivity index (χ3v) is 4.54. The van der Waals surface area contributed by atoms with E-state index in [0.717, 1.165) is 4.90 Å². The standard InChI is InChI=1S/C15H13Cl2NO2S/c1-2-20-15(19)10-4-3-5-13(18)14(10)21-9-6-7-11(16)12(17)8-9/h3-8H,2,18H2,1H3. The molecule has 6 heteroatoms. The van der Waals surface area contributed by atoms with Crippen molar-refractivity contribution in [2.45, 2.75) is 16.7 Å². The van der Waals surface area contributed by atoms with Gasteiger partial charge in [-0.05, 0) is 37.3 Å². The minimum absolute atomic E-state index is 0.310. The zero-order valence-electron chi connectivity index (χ0n) is 11.2. The second kappa shape index (κ2) is 7.07. The Labute approximate surface area is 137 Å². The molecule has 2 N–H and O–H groups in total. The third kappa shape index (κ3) is 3.84. The van der Waals surface area contributed by atoms with Gasteiger partial charge in [-0.1, -0.05) is 41.0 Å². The van der Waals surface area contributed by atoms with Crippen molar-refractivity contribution in [1.82, 2.24) is 0 Å². The summed E-state index contributed by atoms with van der Waals surface area (Å²) in [7, 11) is 0. The van der Waals surface area contributed by atoms with Crippen molar-refractivity contribution in [3.05, 3.63) is 52.0 Å². The van der Waals surface area contributed by atoms with E-state index >= 15 is 0 Å². The number of hydrogen-bond donors (Lipinski definition) is 1. The summed E-state index contributed by atoms with van der Waals surface area (Å²) in [5.41, 5.74) is 6.93. The Hall–Kier alpha value is -1.36. The molecule has 0 radical (unpaired) electrons. The summed E-state index contributed by atoms with van der Waals surface area (Å²) in [4.78, 5) is 13.5. The summed E-state index contributed by atoms with van der Waals surface area (Å²) in [6.07, 6.45) is 0. The number of halogens is 2. The van der Waals surface area contributed by atoms with E-state index in [0.29, 0.717) is 32.8 Å². The van der Waals surface area contributed by atoms with Crippen LogP contribution in [0.4, 0.5) is 5.69 Å². The maximum Gasteiger partial charge on any atom is 0.339 e. The quantitative estimate of drug-likeness (QED) is 0.634. The molecule has 0 saturated carbocycles. The lowest BCUT2D eigenvalue weighted by Crippen LogP contribution is -2.07. The van der Waals surface area contributed by atoms with E-state index < -0.39 is 5.97 Å². The summed E-state index contributed by atoms with van der Waals surface area (Å²) < 4.78 is 5.05. The molecule has 2 rings (SSSR count). The number of ether oxygens (including phenoxy) is 1. The van der Waals surface area contributed by atoms with Gasteiger partial charge in [-0.2, -0.15) is 0 Å². The molecule has 0 aliphatic heterocycles. The number of esters is 1. The van der Waals surface area contributed by atoms with Crippen LogP contribution in [0.5, 0.6) is 0 Å². The fourth-order valence-electron chi connectivity index (χ4n) is 1.70. The highest BCUT2D eigenvalue weighted by atomic mass is 35.5. The smallest absolute Gasteiger partial charge is 0.339 e. The largest absolute Gasteiger partial charge is 0.462 e. The molecule has 0 aliphatic rings. The average molecular weight is 342 g/mol. The zero-order valence-corrected chi connectivity index (χ0v) is 13.6. The molecule has 0 heterocycles. The fourth-order valence-corrected chi connectivity index (χ4v) is 3.06. The highest BCUT2D eigenvalue weighted by molar-refractivity contribution is 7.99. The maximum absolute atomic E-state index is 12.0. The van der Waals surface area contributed by atoms with Gasteiger partial charge in [-0.25, -0.2) is 4.79 Å². The van der Waals surface area contributed by atoms with Crippen molar-refractivity contribution in [3.63, 3.8) is 0 Å². The Balaban J connectivity index is 2.38. The van der Waals surface area contributed by atoms with Crippen LogP contribution in [0, 0.1) is 0 Å². The normalized spacial score (nSPS) is 10.4. The van der Waals surface area contributed by atoms with Crippen LogP contribution in [-0.4, -0.2) is 12.6 Å². The molecule has 0 atom stereocenters. The minimum Gasteiger partial charge on any atom is -0.462 e. The molecule has 110 valence electrons. The van der Waals surface area contributed by atoms with Crippen LogP contribution in [-0.2, 0) is 4.74 Å². The summed E-state index contributed by atoms with van der Waals surface area (Å²) in [6.45, 7) is 2.07. The molecule has 0 aromatic heterocycles. The Kier molecular flexibility index (Phi) is 5.39. The SMILES string of the molecule is CCOC(=O)c1cccc(N)c1Sc1ccc(Cl)c(Cl)c1. The molecule has 0 aliphatic carbocycles. The van der Waals surface area contributed by atoms with E-state index in [1.807, 2.05) is 6.07 Å². The molecular weight excluding hydrogens is 329 g/mol. The van der Waals surface area contributed by atoms with Crippen LogP contribution in [0.3, 0.4) is 0 Å². The van der Waals surface area contributed by atoms with E-state index in [1.165, 1.54) is 11.8 Å². The average Bonchev–Trinajstić information content (AvgIpc) is 2.45. The van der Waals surface area contributed by atoms with Gasteiger partial charge in [0.25, 0.3) is 0 Å². The van der Waals surface area contributed by atoms with Crippen molar-refractivity contribution >= 4 is 46.6 Å². The topological polar surface area (TPSA) is 52.3 Å². The molecule has 3 nitrogen and oxygen atoms in total. The van der Waals surface area contributed by atoms with Gasteiger partial charge in [-0.3, -0.25) is 0 Å². The fraction of sp³-hybridized carbons (Fsp3) is 0.133. The third-order valence-electron chi connectivity index (χ3n) is 2.65. The van der Waals surface area contributed by atoms with E-state index in [2.05, 4.69) is 0 Å². The van der Waals surface area contributed by atoms with Crippen LogP contribution in [0.25, 0.3) is 0 Å². The lowest BCUT2D eigenvalue weighted by Gasteiger charge is -2.11. The molecule has 0 spiro atoms. The number of nitrogens with two attached hydrogens (primary N) is 1. The number of rotatable bonds is 4. The van der Waals surface area contributed by atoms with Gasteiger partial charge in [0.15, 0.2) is 0 Å². The zero-order chi connectivity index (χ0) is 15.4. The predicted octanol–water partition coefficient (Wildman–Crippen LogP) is 4.90. The van der Waals surface area contributed by atoms with Crippen molar-refractivity contribution in [1.29, 1.82) is 0 Å². The van der Waals surface area contributed by atoms with E-state index in [1.54, 1.807) is 37.3 Å². The Morgan fingerprint density at radius 1 is 1.24 bits per heavy atom. The molecule has 0 saturated heterocycles. The number of anilines is 1. The van der Waals surface area contributed by atoms with Crippen molar-refractivity contribution < 1.29 is 9.53 Å². The summed E-state index contributed by atoms with van der Waals surface area (Å²) in [5.74, 6) is -0.396. The Morgan fingerprint density at radius 2 is 2.00 bits per heavy atom. The lowest BCUT2D eigenvalue weighted by atomic mass is 10.2. The second-order valence-electron chi connectivity index (χ2n) is 4.12. The predicted molar refractivity (Wildman–Crippen MR) is 87.4 cm³/mol. The van der Waals surface area contributed by atoms with E-state index in [9.17, 15) is 4.79 Å². The monoisotopic (exact) mass is 341 g/mol. The van der Waals surface area contributed by atoms with Gasteiger partial charge >= 0.3 is 5.97 Å². The molecular formula is C15H13Cl2NO2S. The molecule has 2 aromatic carbocycles. The van der Waals surface area contributed by atoms with Crippen LogP contribution in [0.1, 0.15) is 17.3 Å². The number of hydrogen-bond acceptors (Lipinski definition) is 4. The first-order valence-electron chi connectivity index (χ1n) is 6.21. The Morgan fingerprint density at radius 3 is 2.67 bits per heavy atom. The first-order chi connectivity index (χ1) is 10.0. The summed E-state index contributed by atoms with van der Waals surface area (Å²) in [6, 6.07) is 10.4. The first-order valence-corrected chi connectivity index (χ1v) is 7.78. The van der Waals surface area contributed by atoms with Gasteiger partial charge in [0.05, 0.1) is 22.2 Å². The number of nitrogen functional groups attached to an aromatic ring is 1. The maximum atomic E-state index is 12.0. The lowest BCUT2D eigenvalue weighted by molar-refractivity contribution is 0.0522. The van der Waals surface area contributed by atoms with E-state index in [4.69, 9.17) is 33.7 Å². The van der Waals surface area contributed by atoms with Crippen molar-refractivity contribution in [2.75, 3.05) is 12.3 Å². The minimum atomic E-state index is -0.396. The molecule has 0 bridgehead atoms. The highest BCUT2D eigenvalue weighted by Gasteiger charge is 2.16. The van der Waals surface area contributed by atoms with Crippen LogP contribution >= 0.6 is 35.0 Å². The molecule has 0 unspecified atom stereocenters. The molecule has 21 heavy (non-hydrogen) atoms. The van der Waals surface area contributed by atoms with Crippen LogP contribution in [0.15, 0.2) is 46.2 Å². The van der Waals surface area contributed by atoms with Crippen LogP contribution in [0.2, 0.25) is 10.0 Å². The van der Waals surface area contributed by atoms with Gasteiger partial charge < -0.3 is 10.5 Å². The van der Waals surface area contributed by atoms with E-state index in [-0.39, 0.29) is 0 Å². The Bertz CT molecular complexity index is 677. The van der Waals surface area contributed by atoms with Gasteiger partial charge in [0, 0.05) is 15.5 Å². The number of carbonyl (C=O) groups excluding carboxylic acids is 1.